The number of carbonyl (C=O) groups is 1. The number of carbonyl (C=O) groups excluding carboxylic acids is 1. The standard InChI is InChI=1S/C17H22N4O5/c1-17(2,3)16-19-15(26-20-16)7-5-6-14(22)18-12-10-11(21(23)24)8-9-13(12)25-4/h8-10H,5-7H2,1-4H3,(H,18,22). The van der Waals surface area contributed by atoms with Gasteiger partial charge in [0.15, 0.2) is 5.82 Å². The van der Waals surface area contributed by atoms with E-state index in [1.807, 2.05) is 20.8 Å². The molecule has 2 aromatic rings. The molecule has 0 saturated heterocycles. The van der Waals surface area contributed by atoms with E-state index in [1.54, 1.807) is 0 Å². The van der Waals surface area contributed by atoms with Crippen molar-refractivity contribution in [3.63, 3.8) is 0 Å². The number of nitrogens with one attached hydrogen (secondary N) is 1. The first-order valence-electron chi connectivity index (χ1n) is 8.16. The van der Waals surface area contributed by atoms with Crippen LogP contribution < -0.4 is 10.1 Å². The van der Waals surface area contributed by atoms with Crippen molar-refractivity contribution in [1.29, 1.82) is 0 Å². The average molecular weight is 362 g/mol. The summed E-state index contributed by atoms with van der Waals surface area (Å²) in [4.78, 5) is 26.8. The predicted molar refractivity (Wildman–Crippen MR) is 94.2 cm³/mol. The molecule has 0 aliphatic heterocycles. The predicted octanol–water partition coefficient (Wildman–Crippen LogP) is 3.25. The maximum Gasteiger partial charge on any atom is 0.271 e. The van der Waals surface area contributed by atoms with E-state index in [0.29, 0.717) is 30.3 Å². The number of non-ortho nitro benzene ring substituents is 1. The van der Waals surface area contributed by atoms with Crippen molar-refractivity contribution >= 4 is 17.3 Å². The molecule has 0 aliphatic carbocycles. The molecule has 0 spiro atoms. The molecule has 9 heteroatoms. The SMILES string of the molecule is COc1ccc([N+](=O)[O-])cc1NC(=O)CCCc1nc(C(C)(C)C)no1. The summed E-state index contributed by atoms with van der Waals surface area (Å²) in [6.45, 7) is 5.96. The van der Waals surface area contributed by atoms with Gasteiger partial charge < -0.3 is 14.6 Å². The van der Waals surface area contributed by atoms with Crippen LogP contribution in [-0.2, 0) is 16.6 Å². The molecule has 1 amide bonds. The highest BCUT2D eigenvalue weighted by Crippen LogP contribution is 2.29. The lowest BCUT2D eigenvalue weighted by Gasteiger charge is -2.10. The smallest absolute Gasteiger partial charge is 0.271 e. The maximum atomic E-state index is 12.1. The molecule has 0 fully saturated rings. The zero-order chi connectivity index (χ0) is 19.3. The monoisotopic (exact) mass is 362 g/mol. The Hall–Kier alpha value is -2.97. The van der Waals surface area contributed by atoms with Gasteiger partial charge in [-0.3, -0.25) is 14.9 Å². The van der Waals surface area contributed by atoms with Gasteiger partial charge in [0.25, 0.3) is 5.69 Å². The molecule has 0 aliphatic rings. The number of nitro groups is 1. The summed E-state index contributed by atoms with van der Waals surface area (Å²) in [7, 11) is 1.43. The zero-order valence-corrected chi connectivity index (χ0v) is 15.2. The highest BCUT2D eigenvalue weighted by atomic mass is 16.6. The highest BCUT2D eigenvalue weighted by Gasteiger charge is 2.21. The molecule has 0 bridgehead atoms. The number of hydrogen-bond acceptors (Lipinski definition) is 7. The molecule has 1 heterocycles. The van der Waals surface area contributed by atoms with Crippen LogP contribution in [0.3, 0.4) is 0 Å². The number of nitrogens with zero attached hydrogens (tertiary/aromatic N) is 3. The van der Waals surface area contributed by atoms with Crippen molar-refractivity contribution in [2.24, 2.45) is 0 Å². The number of methoxy groups -OCH3 is 1. The Balaban J connectivity index is 1.92. The second-order valence-corrected chi connectivity index (χ2v) is 6.81. The highest BCUT2D eigenvalue weighted by molar-refractivity contribution is 5.92. The van der Waals surface area contributed by atoms with Crippen molar-refractivity contribution in [3.05, 3.63) is 40.0 Å². The Bertz CT molecular complexity index is 795. The number of nitro benzene ring substituents is 1. The number of ether oxygens (including phenoxy) is 1. The molecule has 1 aromatic carbocycles. The number of anilines is 1. The summed E-state index contributed by atoms with van der Waals surface area (Å²) in [5.74, 6) is 1.18. The van der Waals surface area contributed by atoms with Crippen LogP contribution in [0.25, 0.3) is 0 Å². The van der Waals surface area contributed by atoms with Crippen LogP contribution in [0.4, 0.5) is 11.4 Å². The van der Waals surface area contributed by atoms with Gasteiger partial charge in [-0.2, -0.15) is 4.98 Å². The Kier molecular flexibility index (Phi) is 5.91. The summed E-state index contributed by atoms with van der Waals surface area (Å²) in [6.07, 6.45) is 1.19. The van der Waals surface area contributed by atoms with Gasteiger partial charge in [0.2, 0.25) is 11.8 Å². The molecule has 2 rings (SSSR count). The van der Waals surface area contributed by atoms with Crippen molar-refractivity contribution < 1.29 is 19.0 Å². The van der Waals surface area contributed by atoms with E-state index >= 15 is 0 Å². The first-order chi connectivity index (χ1) is 12.2. The summed E-state index contributed by atoms with van der Waals surface area (Å²) < 4.78 is 10.3. The molecular weight excluding hydrogens is 340 g/mol. The van der Waals surface area contributed by atoms with Crippen LogP contribution >= 0.6 is 0 Å². The number of benzene rings is 1. The van der Waals surface area contributed by atoms with E-state index in [0.717, 1.165) is 0 Å². The maximum absolute atomic E-state index is 12.1. The fourth-order valence-electron chi connectivity index (χ4n) is 2.18. The minimum absolute atomic E-state index is 0.123. The van der Waals surface area contributed by atoms with Crippen LogP contribution in [0, 0.1) is 10.1 Å². The van der Waals surface area contributed by atoms with Crippen LogP contribution in [0.1, 0.15) is 45.3 Å². The number of rotatable bonds is 7. The van der Waals surface area contributed by atoms with Crippen LogP contribution in [0.5, 0.6) is 5.75 Å². The molecule has 0 saturated carbocycles. The van der Waals surface area contributed by atoms with E-state index in [-0.39, 0.29) is 29.1 Å². The van der Waals surface area contributed by atoms with Crippen LogP contribution in [0.15, 0.2) is 22.7 Å². The van der Waals surface area contributed by atoms with Gasteiger partial charge in [-0.15, -0.1) is 0 Å². The van der Waals surface area contributed by atoms with E-state index in [4.69, 9.17) is 9.26 Å². The molecule has 1 aromatic heterocycles. The quantitative estimate of drug-likeness (QED) is 0.593. The Labute approximate surface area is 150 Å². The lowest BCUT2D eigenvalue weighted by Crippen LogP contribution is -2.13. The number of hydrogen-bond donors (Lipinski definition) is 1. The van der Waals surface area contributed by atoms with Gasteiger partial charge in [-0.05, 0) is 12.5 Å². The third-order valence-electron chi connectivity index (χ3n) is 3.60. The normalized spacial score (nSPS) is 11.2. The molecule has 140 valence electrons. The third-order valence-corrected chi connectivity index (χ3v) is 3.60. The van der Waals surface area contributed by atoms with E-state index in [2.05, 4.69) is 15.5 Å². The first kappa shape index (κ1) is 19.4. The van der Waals surface area contributed by atoms with Gasteiger partial charge in [-0.25, -0.2) is 0 Å². The number of aromatic nitrogens is 2. The van der Waals surface area contributed by atoms with E-state index in [1.165, 1.54) is 25.3 Å². The average Bonchev–Trinajstić information content (AvgIpc) is 3.04. The Morgan fingerprint density at radius 3 is 2.69 bits per heavy atom. The van der Waals surface area contributed by atoms with Crippen LogP contribution in [0.2, 0.25) is 0 Å². The molecule has 26 heavy (non-hydrogen) atoms. The van der Waals surface area contributed by atoms with Crippen molar-refractivity contribution in [2.45, 2.75) is 45.4 Å². The lowest BCUT2D eigenvalue weighted by molar-refractivity contribution is -0.384. The van der Waals surface area contributed by atoms with Crippen molar-refractivity contribution in [2.75, 3.05) is 12.4 Å². The van der Waals surface area contributed by atoms with E-state index < -0.39 is 4.92 Å². The summed E-state index contributed by atoms with van der Waals surface area (Å²) in [6, 6.07) is 4.03. The number of amides is 1. The minimum Gasteiger partial charge on any atom is -0.495 e. The number of aryl methyl sites for hydroxylation is 1. The first-order valence-corrected chi connectivity index (χ1v) is 8.16. The molecule has 0 atom stereocenters. The topological polar surface area (TPSA) is 120 Å². The molecule has 0 radical (unpaired) electrons. The zero-order valence-electron chi connectivity index (χ0n) is 15.2. The van der Waals surface area contributed by atoms with Gasteiger partial charge in [0.05, 0.1) is 17.7 Å². The van der Waals surface area contributed by atoms with Gasteiger partial charge in [0.1, 0.15) is 5.75 Å². The fourth-order valence-corrected chi connectivity index (χ4v) is 2.18. The summed E-state index contributed by atoms with van der Waals surface area (Å²) >= 11 is 0. The minimum atomic E-state index is -0.530. The lowest BCUT2D eigenvalue weighted by atomic mass is 9.96. The van der Waals surface area contributed by atoms with Crippen LogP contribution in [-0.4, -0.2) is 28.1 Å². The van der Waals surface area contributed by atoms with Crippen molar-refractivity contribution in [3.8, 4) is 5.75 Å². The molecule has 0 unspecified atom stereocenters. The van der Waals surface area contributed by atoms with E-state index in [9.17, 15) is 14.9 Å². The largest absolute Gasteiger partial charge is 0.495 e. The second kappa shape index (κ2) is 7.94. The fraction of sp³-hybridized carbons (Fsp3) is 0.471. The summed E-state index contributed by atoms with van der Waals surface area (Å²) in [5, 5.41) is 17.4. The molecule has 9 nitrogen and oxygen atoms in total. The van der Waals surface area contributed by atoms with Crippen molar-refractivity contribution in [1.82, 2.24) is 10.1 Å². The third kappa shape index (κ3) is 5.01. The van der Waals surface area contributed by atoms with Gasteiger partial charge in [0, 0.05) is 30.4 Å². The molecule has 1 N–H and O–H groups in total. The Morgan fingerprint density at radius 1 is 1.38 bits per heavy atom. The second-order valence-electron chi connectivity index (χ2n) is 6.81. The summed E-state index contributed by atoms with van der Waals surface area (Å²) in [5.41, 5.74) is -0.0567. The Morgan fingerprint density at radius 2 is 2.12 bits per heavy atom. The molecular formula is C17H22N4O5. The van der Waals surface area contributed by atoms with Gasteiger partial charge >= 0.3 is 0 Å². The van der Waals surface area contributed by atoms with Gasteiger partial charge in [-0.1, -0.05) is 25.9 Å².